The summed E-state index contributed by atoms with van der Waals surface area (Å²) >= 11 is 0. The molecular weight excluding hydrogens is 246 g/mol. The third-order valence-corrected chi connectivity index (χ3v) is 2.71. The summed E-state index contributed by atoms with van der Waals surface area (Å²) in [5, 5.41) is 0.644. The van der Waals surface area contributed by atoms with E-state index < -0.39 is 5.97 Å². The number of aldehydes is 1. The number of ether oxygens (including phenoxy) is 2. The lowest BCUT2D eigenvalue weighted by Crippen LogP contribution is -2.13. The zero-order valence-corrected chi connectivity index (χ0v) is 11.0. The minimum Gasteiger partial charge on any atom is -0.497 e. The van der Waals surface area contributed by atoms with Crippen molar-refractivity contribution in [3.05, 3.63) is 29.5 Å². The Balaban J connectivity index is 2.56. The maximum Gasteiger partial charge on any atom is 0.355 e. The number of hydrogen-bond acceptors (Lipinski definition) is 4. The van der Waals surface area contributed by atoms with E-state index in [9.17, 15) is 9.59 Å². The lowest BCUT2D eigenvalue weighted by atomic mass is 10.1. The van der Waals surface area contributed by atoms with Crippen molar-refractivity contribution in [1.82, 2.24) is 4.98 Å². The number of carbonyl (C=O) groups is 2. The lowest BCUT2D eigenvalue weighted by molar-refractivity contribution is 0.0370. The van der Waals surface area contributed by atoms with Crippen LogP contribution in [0, 0.1) is 0 Å². The summed E-state index contributed by atoms with van der Waals surface area (Å²) in [7, 11) is 1.54. The third kappa shape index (κ3) is 2.45. The van der Waals surface area contributed by atoms with E-state index in [2.05, 4.69) is 4.98 Å². The molecule has 0 radical (unpaired) electrons. The minimum absolute atomic E-state index is 0.173. The molecule has 0 atom stereocenters. The van der Waals surface area contributed by atoms with Crippen molar-refractivity contribution in [3.63, 3.8) is 0 Å². The fourth-order valence-electron chi connectivity index (χ4n) is 1.88. The minimum atomic E-state index is -0.535. The number of methoxy groups -OCH3 is 1. The van der Waals surface area contributed by atoms with Gasteiger partial charge in [-0.3, -0.25) is 4.79 Å². The van der Waals surface area contributed by atoms with Gasteiger partial charge in [-0.1, -0.05) is 0 Å². The smallest absolute Gasteiger partial charge is 0.355 e. The van der Waals surface area contributed by atoms with Crippen LogP contribution in [-0.2, 0) is 4.74 Å². The van der Waals surface area contributed by atoms with Crippen molar-refractivity contribution >= 4 is 23.2 Å². The molecular formula is C14H15NO4. The van der Waals surface area contributed by atoms with Crippen LogP contribution in [0.15, 0.2) is 18.2 Å². The van der Waals surface area contributed by atoms with Crippen LogP contribution < -0.4 is 4.74 Å². The Morgan fingerprint density at radius 1 is 1.37 bits per heavy atom. The van der Waals surface area contributed by atoms with E-state index in [0.717, 1.165) is 0 Å². The Bertz CT molecular complexity index is 628. The van der Waals surface area contributed by atoms with Crippen molar-refractivity contribution < 1.29 is 19.1 Å². The number of hydrogen-bond donors (Lipinski definition) is 1. The predicted octanol–water partition coefficient (Wildman–Crippen LogP) is 2.55. The molecule has 0 saturated heterocycles. The van der Waals surface area contributed by atoms with Gasteiger partial charge in [-0.15, -0.1) is 0 Å². The highest BCUT2D eigenvalue weighted by Crippen LogP contribution is 2.26. The molecule has 0 bridgehead atoms. The topological polar surface area (TPSA) is 68.4 Å². The Morgan fingerprint density at radius 3 is 2.68 bits per heavy atom. The van der Waals surface area contributed by atoms with Crippen LogP contribution in [0.4, 0.5) is 0 Å². The fraction of sp³-hybridized carbons (Fsp3) is 0.286. The maximum absolute atomic E-state index is 11.9. The zero-order chi connectivity index (χ0) is 14.0. The quantitative estimate of drug-likeness (QED) is 0.678. The van der Waals surface area contributed by atoms with E-state index in [1.807, 2.05) is 0 Å². The van der Waals surface area contributed by atoms with E-state index >= 15 is 0 Å². The van der Waals surface area contributed by atoms with Crippen LogP contribution in [0.5, 0.6) is 5.75 Å². The molecule has 0 aliphatic carbocycles. The van der Waals surface area contributed by atoms with Crippen molar-refractivity contribution in [2.45, 2.75) is 20.0 Å². The van der Waals surface area contributed by atoms with Gasteiger partial charge in [0.05, 0.1) is 18.8 Å². The molecule has 1 aromatic carbocycles. The van der Waals surface area contributed by atoms with Crippen molar-refractivity contribution in [2.24, 2.45) is 0 Å². The van der Waals surface area contributed by atoms with Gasteiger partial charge in [-0.2, -0.15) is 0 Å². The molecule has 100 valence electrons. The molecule has 0 fully saturated rings. The van der Waals surface area contributed by atoms with Gasteiger partial charge < -0.3 is 14.5 Å². The number of carbonyl (C=O) groups excluding carboxylic acids is 2. The molecule has 2 rings (SSSR count). The van der Waals surface area contributed by atoms with Crippen molar-refractivity contribution in [3.8, 4) is 5.75 Å². The molecule has 1 aromatic heterocycles. The van der Waals surface area contributed by atoms with Gasteiger partial charge in [-0.05, 0) is 32.0 Å². The number of benzene rings is 1. The first-order valence-electron chi connectivity index (χ1n) is 5.92. The van der Waals surface area contributed by atoms with Crippen molar-refractivity contribution in [1.29, 1.82) is 0 Å². The summed E-state index contributed by atoms with van der Waals surface area (Å²) in [6.07, 6.45) is 0.405. The molecule has 1 N–H and O–H groups in total. The first-order valence-corrected chi connectivity index (χ1v) is 5.92. The van der Waals surface area contributed by atoms with E-state index in [1.54, 1.807) is 39.2 Å². The molecule has 0 aliphatic heterocycles. The molecule has 1 heterocycles. The number of H-pyrrole nitrogens is 1. The largest absolute Gasteiger partial charge is 0.497 e. The maximum atomic E-state index is 11.9. The van der Waals surface area contributed by atoms with Crippen LogP contribution >= 0.6 is 0 Å². The Morgan fingerprint density at radius 2 is 2.11 bits per heavy atom. The highest BCUT2D eigenvalue weighted by atomic mass is 16.5. The first kappa shape index (κ1) is 13.1. The van der Waals surface area contributed by atoms with Crippen LogP contribution in [-0.4, -0.2) is 30.5 Å². The lowest BCUT2D eigenvalue weighted by Gasteiger charge is -2.06. The Hall–Kier alpha value is -2.30. The van der Waals surface area contributed by atoms with Crippen LogP contribution in [0.2, 0.25) is 0 Å². The molecule has 0 spiro atoms. The number of nitrogens with one attached hydrogen (secondary N) is 1. The van der Waals surface area contributed by atoms with Crippen molar-refractivity contribution in [2.75, 3.05) is 7.11 Å². The van der Waals surface area contributed by atoms with Gasteiger partial charge in [-0.25, -0.2) is 4.79 Å². The first-order chi connectivity index (χ1) is 9.06. The molecule has 0 aliphatic rings. The van der Waals surface area contributed by atoms with E-state index in [4.69, 9.17) is 9.47 Å². The predicted molar refractivity (Wildman–Crippen MR) is 70.8 cm³/mol. The third-order valence-electron chi connectivity index (χ3n) is 2.71. The number of rotatable bonds is 4. The van der Waals surface area contributed by atoms with E-state index in [-0.39, 0.29) is 11.8 Å². The average molecular weight is 261 g/mol. The van der Waals surface area contributed by atoms with E-state index in [0.29, 0.717) is 28.5 Å². The van der Waals surface area contributed by atoms with Crippen LogP contribution in [0.1, 0.15) is 34.7 Å². The second-order valence-electron chi connectivity index (χ2n) is 4.40. The summed E-state index contributed by atoms with van der Waals surface area (Å²) in [5.74, 6) is 0.0886. The average Bonchev–Trinajstić information content (AvgIpc) is 2.75. The molecule has 5 heteroatoms. The highest BCUT2D eigenvalue weighted by Gasteiger charge is 2.19. The standard InChI is InChI=1S/C14H15NO4/c1-8(2)19-14(17)13-11(7-16)10-6-9(18-3)4-5-12(10)15-13/h4-8,15H,1-3H3. The van der Waals surface area contributed by atoms with E-state index in [1.165, 1.54) is 0 Å². The SMILES string of the molecule is COc1ccc2[nH]c(C(=O)OC(C)C)c(C=O)c2c1. The zero-order valence-electron chi connectivity index (χ0n) is 11.0. The molecule has 0 unspecified atom stereocenters. The summed E-state index contributed by atoms with van der Waals surface area (Å²) < 4.78 is 10.2. The summed E-state index contributed by atoms with van der Waals surface area (Å²) in [4.78, 5) is 26.0. The number of esters is 1. The molecule has 0 saturated carbocycles. The Labute approximate surface area is 110 Å². The molecule has 19 heavy (non-hydrogen) atoms. The number of fused-ring (bicyclic) bond motifs is 1. The highest BCUT2D eigenvalue weighted by molar-refractivity contribution is 6.08. The van der Waals surface area contributed by atoms with Crippen LogP contribution in [0.25, 0.3) is 10.9 Å². The Kier molecular flexibility index (Phi) is 3.55. The second kappa shape index (κ2) is 5.14. The van der Waals surface area contributed by atoms with Gasteiger partial charge in [0.1, 0.15) is 11.4 Å². The van der Waals surface area contributed by atoms with Crippen LogP contribution in [0.3, 0.4) is 0 Å². The number of aromatic nitrogens is 1. The van der Waals surface area contributed by atoms with Gasteiger partial charge in [0, 0.05) is 10.9 Å². The normalized spacial score (nSPS) is 10.7. The number of aromatic amines is 1. The summed E-state index contributed by atoms with van der Waals surface area (Å²) in [5.41, 5.74) is 1.16. The fourth-order valence-corrected chi connectivity index (χ4v) is 1.88. The summed E-state index contributed by atoms with van der Waals surface area (Å²) in [6.45, 7) is 3.51. The van der Waals surface area contributed by atoms with Gasteiger partial charge in [0.2, 0.25) is 0 Å². The second-order valence-corrected chi connectivity index (χ2v) is 4.40. The summed E-state index contributed by atoms with van der Waals surface area (Å²) in [6, 6.07) is 5.22. The molecule has 2 aromatic rings. The van der Waals surface area contributed by atoms with Gasteiger partial charge >= 0.3 is 5.97 Å². The molecule has 0 amide bonds. The molecule has 5 nitrogen and oxygen atoms in total. The monoisotopic (exact) mass is 261 g/mol. The van der Waals surface area contributed by atoms with Gasteiger partial charge in [0.25, 0.3) is 0 Å². The van der Waals surface area contributed by atoms with Gasteiger partial charge in [0.15, 0.2) is 6.29 Å².